The van der Waals surface area contributed by atoms with Gasteiger partial charge in [0.1, 0.15) is 5.82 Å². The van der Waals surface area contributed by atoms with Crippen molar-refractivity contribution >= 4 is 18.1 Å². The van der Waals surface area contributed by atoms with Crippen LogP contribution in [0.15, 0.2) is 53.3 Å². The second kappa shape index (κ2) is 11.5. The number of rotatable bonds is 9. The molecule has 36 heavy (non-hydrogen) atoms. The molecule has 0 spiro atoms. The molecule has 0 aliphatic heterocycles. The lowest BCUT2D eigenvalue weighted by atomic mass is 10.1. The van der Waals surface area contributed by atoms with Crippen molar-refractivity contribution in [1.29, 1.82) is 0 Å². The highest BCUT2D eigenvalue weighted by molar-refractivity contribution is 5.75. The van der Waals surface area contributed by atoms with Crippen LogP contribution in [0.2, 0.25) is 0 Å². The largest absolute Gasteiger partial charge is 0.493 e. The smallest absolute Gasteiger partial charge is 0.433 e. The van der Waals surface area contributed by atoms with Gasteiger partial charge in [-0.3, -0.25) is 4.57 Å². The molecule has 0 aliphatic carbocycles. The monoisotopic (exact) mass is 506 g/mol. The Kier molecular flexibility index (Phi) is 8.46. The highest BCUT2D eigenvalue weighted by Crippen LogP contribution is 2.33. The number of hydrogen-bond acceptors (Lipinski definition) is 6. The van der Waals surface area contributed by atoms with Gasteiger partial charge in [-0.2, -0.15) is 18.2 Å². The molecule has 1 aromatic heterocycles. The van der Waals surface area contributed by atoms with Gasteiger partial charge in [-0.05, 0) is 37.3 Å². The fourth-order valence-electron chi connectivity index (χ4n) is 3.25. The van der Waals surface area contributed by atoms with E-state index in [2.05, 4.69) is 4.98 Å². The molecule has 7 nitrogen and oxygen atoms in total. The molecule has 0 N–H and O–H groups in total. The minimum absolute atomic E-state index is 0.0932. The number of carbonyl (C=O) groups excluding carboxylic acids is 1. The van der Waals surface area contributed by atoms with E-state index in [0.717, 1.165) is 4.57 Å². The Bertz CT molecular complexity index is 1320. The number of nitrogens with zero attached hydrogens (tertiary/aromatic N) is 2. The number of esters is 1. The molecule has 0 fully saturated rings. The van der Waals surface area contributed by atoms with Crippen LogP contribution in [0.3, 0.4) is 0 Å². The fourth-order valence-corrected chi connectivity index (χ4v) is 3.25. The van der Waals surface area contributed by atoms with E-state index in [1.807, 2.05) is 0 Å². The van der Waals surface area contributed by atoms with Crippen LogP contribution in [-0.4, -0.2) is 35.8 Å². The van der Waals surface area contributed by atoms with Crippen molar-refractivity contribution in [3.05, 3.63) is 87.3 Å². The Morgan fingerprint density at radius 1 is 1.11 bits per heavy atom. The number of halogens is 4. The summed E-state index contributed by atoms with van der Waals surface area (Å²) in [6, 6.07) is 11.0. The molecule has 0 bridgehead atoms. The lowest BCUT2D eigenvalue weighted by Crippen LogP contribution is -2.29. The average Bonchev–Trinajstić information content (AvgIpc) is 2.83. The summed E-state index contributed by atoms with van der Waals surface area (Å²) in [6.07, 6.45) is -2.25. The highest BCUT2D eigenvalue weighted by Gasteiger charge is 2.34. The molecule has 1 heterocycles. The fraction of sp³-hybridized carbons (Fsp3) is 0.240. The molecule has 0 atom stereocenters. The van der Waals surface area contributed by atoms with E-state index in [-0.39, 0.29) is 35.9 Å². The van der Waals surface area contributed by atoms with E-state index >= 15 is 0 Å². The van der Waals surface area contributed by atoms with E-state index in [1.54, 1.807) is 31.2 Å². The molecular formula is C25H22F4N2O5. The third-order valence-corrected chi connectivity index (χ3v) is 4.92. The van der Waals surface area contributed by atoms with Crippen LogP contribution < -0.4 is 15.2 Å². The molecule has 0 aliphatic rings. The van der Waals surface area contributed by atoms with Crippen LogP contribution in [0, 0.1) is 5.82 Å². The van der Waals surface area contributed by atoms with Crippen molar-refractivity contribution in [3.8, 4) is 11.5 Å². The predicted octanol–water partition coefficient (Wildman–Crippen LogP) is 4.57. The van der Waals surface area contributed by atoms with Gasteiger partial charge in [-0.15, -0.1) is 0 Å². The number of carbonyl (C=O) groups is 1. The van der Waals surface area contributed by atoms with Crippen LogP contribution in [0.5, 0.6) is 11.5 Å². The van der Waals surface area contributed by atoms with Crippen molar-refractivity contribution in [2.24, 2.45) is 0 Å². The van der Waals surface area contributed by atoms with Gasteiger partial charge >= 0.3 is 17.8 Å². The normalized spacial score (nSPS) is 11.5. The van der Waals surface area contributed by atoms with Crippen molar-refractivity contribution < 1.29 is 36.6 Å². The Balaban J connectivity index is 2.07. The zero-order valence-electron chi connectivity index (χ0n) is 19.3. The summed E-state index contributed by atoms with van der Waals surface area (Å²) in [5, 5.41) is 0. The van der Waals surface area contributed by atoms with Crippen molar-refractivity contribution in [2.45, 2.75) is 19.6 Å². The van der Waals surface area contributed by atoms with Gasteiger partial charge in [0.05, 0.1) is 20.3 Å². The first-order valence-electron chi connectivity index (χ1n) is 10.7. The van der Waals surface area contributed by atoms with Gasteiger partial charge in [-0.25, -0.2) is 14.0 Å². The maximum Gasteiger partial charge on any atom is 0.433 e. The minimum Gasteiger partial charge on any atom is -0.493 e. The Hall–Kier alpha value is -4.15. The zero-order chi connectivity index (χ0) is 26.3. The summed E-state index contributed by atoms with van der Waals surface area (Å²) in [7, 11) is 1.38. The number of hydrogen-bond donors (Lipinski definition) is 0. The van der Waals surface area contributed by atoms with Crippen molar-refractivity contribution in [1.82, 2.24) is 9.55 Å². The number of ether oxygens (including phenoxy) is 3. The predicted molar refractivity (Wildman–Crippen MR) is 123 cm³/mol. The third kappa shape index (κ3) is 6.49. The molecule has 0 unspecified atom stereocenters. The van der Waals surface area contributed by atoms with Crippen molar-refractivity contribution in [2.75, 3.05) is 20.3 Å². The van der Waals surface area contributed by atoms with Crippen LogP contribution in [0.25, 0.3) is 12.2 Å². The van der Waals surface area contributed by atoms with E-state index in [0.29, 0.717) is 11.6 Å². The number of benzene rings is 2. The van der Waals surface area contributed by atoms with E-state index in [4.69, 9.17) is 14.2 Å². The van der Waals surface area contributed by atoms with Crippen LogP contribution >= 0.6 is 0 Å². The standard InChI is InChI=1S/C25H22F4N2O5/c1-3-35-22(32)15-36-23-16(8-6-10-20(23)34-2)11-12-18-13-21(25(27,28)29)30-24(33)31(18)14-17-7-4-5-9-19(17)26/h4-13H,3,14-15H2,1-2H3/b12-11+. The maximum atomic E-state index is 14.2. The van der Waals surface area contributed by atoms with Gasteiger partial charge in [0, 0.05) is 16.8 Å². The zero-order valence-corrected chi connectivity index (χ0v) is 19.3. The first-order valence-corrected chi connectivity index (χ1v) is 10.7. The Morgan fingerprint density at radius 2 is 1.86 bits per heavy atom. The molecular weight excluding hydrogens is 484 g/mol. The summed E-state index contributed by atoms with van der Waals surface area (Å²) in [6.45, 7) is 1.02. The summed E-state index contributed by atoms with van der Waals surface area (Å²) in [4.78, 5) is 27.4. The van der Waals surface area contributed by atoms with Gasteiger partial charge < -0.3 is 14.2 Å². The second-order valence-corrected chi connectivity index (χ2v) is 7.33. The number of para-hydroxylation sites is 1. The quantitative estimate of drug-likeness (QED) is 0.313. The molecule has 0 radical (unpaired) electrons. The van der Waals surface area contributed by atoms with Crippen LogP contribution in [0.1, 0.15) is 29.4 Å². The van der Waals surface area contributed by atoms with E-state index in [9.17, 15) is 27.2 Å². The second-order valence-electron chi connectivity index (χ2n) is 7.33. The first-order chi connectivity index (χ1) is 17.1. The SMILES string of the molecule is CCOC(=O)COc1c(/C=C/c2cc(C(F)(F)F)nc(=O)n2Cc2ccccc2F)cccc1OC. The molecule has 11 heteroatoms. The van der Waals surface area contributed by atoms with Gasteiger partial charge in [0.25, 0.3) is 0 Å². The third-order valence-electron chi connectivity index (χ3n) is 4.92. The number of methoxy groups -OCH3 is 1. The molecule has 190 valence electrons. The summed E-state index contributed by atoms with van der Waals surface area (Å²) in [5.74, 6) is -0.851. The first kappa shape index (κ1) is 26.5. The molecule has 0 amide bonds. The Morgan fingerprint density at radius 3 is 2.53 bits per heavy atom. The topological polar surface area (TPSA) is 79.7 Å². The lowest BCUT2D eigenvalue weighted by molar-refractivity contribution is -0.145. The van der Waals surface area contributed by atoms with E-state index in [1.165, 1.54) is 37.5 Å². The van der Waals surface area contributed by atoms with Crippen LogP contribution in [-0.2, 0) is 22.3 Å². The van der Waals surface area contributed by atoms with Crippen LogP contribution in [0.4, 0.5) is 17.6 Å². The number of alkyl halides is 3. The lowest BCUT2D eigenvalue weighted by Gasteiger charge is -2.14. The molecule has 0 saturated heterocycles. The highest BCUT2D eigenvalue weighted by atomic mass is 19.4. The van der Waals surface area contributed by atoms with Gasteiger partial charge in [0.15, 0.2) is 23.8 Å². The summed E-state index contributed by atoms with van der Waals surface area (Å²) in [5.41, 5.74) is -2.33. The van der Waals surface area contributed by atoms with Crippen molar-refractivity contribution in [3.63, 3.8) is 0 Å². The maximum absolute atomic E-state index is 14.2. The van der Waals surface area contributed by atoms with Gasteiger partial charge in [0.2, 0.25) is 0 Å². The molecule has 0 saturated carbocycles. The number of aromatic nitrogens is 2. The average molecular weight is 506 g/mol. The molecule has 2 aromatic carbocycles. The minimum atomic E-state index is -4.87. The molecule has 3 rings (SSSR count). The van der Waals surface area contributed by atoms with E-state index < -0.39 is 36.0 Å². The Labute approximate surface area is 203 Å². The summed E-state index contributed by atoms with van der Waals surface area (Å²) < 4.78 is 70.8. The molecule has 3 aromatic rings. The summed E-state index contributed by atoms with van der Waals surface area (Å²) >= 11 is 0. The van der Waals surface area contributed by atoms with Gasteiger partial charge in [-0.1, -0.05) is 30.3 Å².